The largest absolute Gasteiger partial charge is 0.0587 e. The molecule has 1 aliphatic rings. The van der Waals surface area contributed by atoms with E-state index in [1.807, 2.05) is 0 Å². The van der Waals surface area contributed by atoms with Gasteiger partial charge in [-0.15, -0.1) is 0 Å². The minimum atomic E-state index is 1.14. The van der Waals surface area contributed by atoms with Gasteiger partial charge in [-0.05, 0) is 92.9 Å². The highest BCUT2D eigenvalue weighted by Crippen LogP contribution is 2.43. The Labute approximate surface area is 153 Å². The van der Waals surface area contributed by atoms with Gasteiger partial charge in [-0.25, -0.2) is 0 Å². The maximum absolute atomic E-state index is 2.43. The Hall–Kier alpha value is -2.86. The fourth-order valence-corrected chi connectivity index (χ4v) is 5.07. The van der Waals surface area contributed by atoms with E-state index < -0.39 is 0 Å². The van der Waals surface area contributed by atoms with Crippen molar-refractivity contribution in [1.82, 2.24) is 0 Å². The Morgan fingerprint density at radius 3 is 2.12 bits per heavy atom. The second-order valence-electron chi connectivity index (χ2n) is 7.93. The standard InChI is InChI=1S/C26H20/c1-15-3-8-21-17(11-15)6-9-22-23-10-7-19-13-16(2)12-18-4-5-20(14-24(21)22)26(23)25(18)19/h3-5,7-8,10-14H,6,9H2,1-2H3. The minimum absolute atomic E-state index is 1.14. The van der Waals surface area contributed by atoms with Gasteiger partial charge in [0.15, 0.2) is 0 Å². The molecule has 0 N–H and O–H groups in total. The summed E-state index contributed by atoms with van der Waals surface area (Å²) in [5.74, 6) is 0. The first-order valence-corrected chi connectivity index (χ1v) is 9.50. The Morgan fingerprint density at radius 1 is 0.577 bits per heavy atom. The molecule has 0 saturated heterocycles. The molecule has 0 nitrogen and oxygen atoms in total. The van der Waals surface area contributed by atoms with Gasteiger partial charge in [-0.1, -0.05) is 60.2 Å². The summed E-state index contributed by atoms with van der Waals surface area (Å²) in [5.41, 5.74) is 8.60. The molecule has 0 fully saturated rings. The molecule has 0 spiro atoms. The van der Waals surface area contributed by atoms with E-state index in [1.165, 1.54) is 65.7 Å². The Morgan fingerprint density at radius 2 is 1.31 bits per heavy atom. The molecule has 5 aromatic carbocycles. The van der Waals surface area contributed by atoms with Gasteiger partial charge in [0.1, 0.15) is 0 Å². The van der Waals surface area contributed by atoms with Crippen LogP contribution in [0.5, 0.6) is 0 Å². The molecular formula is C26H20. The number of benzene rings is 5. The van der Waals surface area contributed by atoms with Gasteiger partial charge in [-0.2, -0.15) is 0 Å². The van der Waals surface area contributed by atoms with Crippen LogP contribution in [0, 0.1) is 13.8 Å². The van der Waals surface area contributed by atoms with E-state index in [2.05, 4.69) is 74.5 Å². The highest BCUT2D eigenvalue weighted by molar-refractivity contribution is 6.24. The lowest BCUT2D eigenvalue weighted by atomic mass is 9.80. The number of fused-ring (bicyclic) bond motifs is 4. The predicted molar refractivity (Wildman–Crippen MR) is 112 cm³/mol. The molecule has 5 aromatic rings. The van der Waals surface area contributed by atoms with Crippen molar-refractivity contribution < 1.29 is 0 Å². The lowest BCUT2D eigenvalue weighted by molar-refractivity contribution is 0.949. The second kappa shape index (κ2) is 4.86. The lowest BCUT2D eigenvalue weighted by Gasteiger charge is -2.24. The molecule has 1 aliphatic carbocycles. The fraction of sp³-hybridized carbons (Fsp3) is 0.154. The summed E-state index contributed by atoms with van der Waals surface area (Å²) >= 11 is 0. The first-order valence-electron chi connectivity index (χ1n) is 9.50. The van der Waals surface area contributed by atoms with Crippen LogP contribution in [0.25, 0.3) is 43.4 Å². The van der Waals surface area contributed by atoms with E-state index in [4.69, 9.17) is 0 Å². The van der Waals surface area contributed by atoms with Crippen LogP contribution in [0.4, 0.5) is 0 Å². The average molecular weight is 332 g/mol. The van der Waals surface area contributed by atoms with Gasteiger partial charge < -0.3 is 0 Å². The van der Waals surface area contributed by atoms with E-state index in [9.17, 15) is 0 Å². The van der Waals surface area contributed by atoms with Gasteiger partial charge >= 0.3 is 0 Å². The molecule has 0 aromatic heterocycles. The van der Waals surface area contributed by atoms with Crippen LogP contribution in [-0.4, -0.2) is 0 Å². The summed E-state index contributed by atoms with van der Waals surface area (Å²) in [6.07, 6.45) is 2.28. The van der Waals surface area contributed by atoms with Crippen molar-refractivity contribution in [1.29, 1.82) is 0 Å². The monoisotopic (exact) mass is 332 g/mol. The average Bonchev–Trinajstić information content (AvgIpc) is 2.64. The molecule has 0 aliphatic heterocycles. The molecule has 26 heavy (non-hydrogen) atoms. The third-order valence-corrected chi connectivity index (χ3v) is 6.17. The molecule has 0 bridgehead atoms. The predicted octanol–water partition coefficient (Wildman–Crippen LogP) is 6.97. The van der Waals surface area contributed by atoms with Crippen LogP contribution < -0.4 is 0 Å². The summed E-state index contributed by atoms with van der Waals surface area (Å²) in [4.78, 5) is 0. The molecule has 0 amide bonds. The number of hydrogen-bond acceptors (Lipinski definition) is 0. The highest BCUT2D eigenvalue weighted by Gasteiger charge is 2.21. The molecule has 0 atom stereocenters. The highest BCUT2D eigenvalue weighted by atomic mass is 14.2. The Balaban J connectivity index is 1.80. The van der Waals surface area contributed by atoms with Gasteiger partial charge in [0.05, 0.1) is 0 Å². The van der Waals surface area contributed by atoms with Gasteiger partial charge in [0.25, 0.3) is 0 Å². The quantitative estimate of drug-likeness (QED) is 0.269. The Bertz CT molecular complexity index is 1320. The maximum Gasteiger partial charge on any atom is -0.00236 e. The third kappa shape index (κ3) is 1.79. The smallest absolute Gasteiger partial charge is 0.00236 e. The molecule has 124 valence electrons. The number of aryl methyl sites for hydroxylation is 4. The van der Waals surface area contributed by atoms with E-state index in [0.29, 0.717) is 0 Å². The van der Waals surface area contributed by atoms with Gasteiger partial charge in [-0.3, -0.25) is 0 Å². The van der Waals surface area contributed by atoms with Crippen LogP contribution in [0.2, 0.25) is 0 Å². The zero-order valence-corrected chi connectivity index (χ0v) is 15.2. The van der Waals surface area contributed by atoms with E-state index in [0.717, 1.165) is 12.8 Å². The van der Waals surface area contributed by atoms with Crippen molar-refractivity contribution in [2.45, 2.75) is 26.7 Å². The second-order valence-corrected chi connectivity index (χ2v) is 7.93. The van der Waals surface area contributed by atoms with E-state index in [1.54, 1.807) is 0 Å². The van der Waals surface area contributed by atoms with Crippen LogP contribution in [0.3, 0.4) is 0 Å². The minimum Gasteiger partial charge on any atom is -0.0587 e. The normalized spacial score (nSPS) is 13.5. The van der Waals surface area contributed by atoms with Crippen LogP contribution >= 0.6 is 0 Å². The SMILES string of the molecule is Cc1ccc2c(c1)CCc1c-2cc2ccc3cc(C)cc4ccc1c2c34. The molecule has 0 unspecified atom stereocenters. The van der Waals surface area contributed by atoms with Crippen molar-refractivity contribution in [3.8, 4) is 11.1 Å². The van der Waals surface area contributed by atoms with Crippen LogP contribution in [-0.2, 0) is 12.8 Å². The molecule has 0 radical (unpaired) electrons. The van der Waals surface area contributed by atoms with Crippen molar-refractivity contribution in [3.05, 3.63) is 82.9 Å². The van der Waals surface area contributed by atoms with Crippen molar-refractivity contribution in [3.63, 3.8) is 0 Å². The fourth-order valence-electron chi connectivity index (χ4n) is 5.07. The Kier molecular flexibility index (Phi) is 2.68. The van der Waals surface area contributed by atoms with Gasteiger partial charge in [0, 0.05) is 0 Å². The summed E-state index contributed by atoms with van der Waals surface area (Å²) in [6.45, 7) is 4.38. The summed E-state index contributed by atoms with van der Waals surface area (Å²) in [6, 6.07) is 23.3. The molecule has 0 heterocycles. The zero-order valence-electron chi connectivity index (χ0n) is 15.2. The molecular weight excluding hydrogens is 312 g/mol. The van der Waals surface area contributed by atoms with Crippen molar-refractivity contribution >= 4 is 32.3 Å². The topological polar surface area (TPSA) is 0 Å². The van der Waals surface area contributed by atoms with Crippen LogP contribution in [0.1, 0.15) is 22.3 Å². The zero-order chi connectivity index (χ0) is 17.4. The van der Waals surface area contributed by atoms with E-state index in [-0.39, 0.29) is 0 Å². The first kappa shape index (κ1) is 14.3. The summed E-state index contributed by atoms with van der Waals surface area (Å²) < 4.78 is 0. The van der Waals surface area contributed by atoms with Crippen LogP contribution in [0.15, 0.2) is 60.7 Å². The summed E-state index contributed by atoms with van der Waals surface area (Å²) in [5, 5.41) is 8.44. The number of hydrogen-bond donors (Lipinski definition) is 0. The van der Waals surface area contributed by atoms with Gasteiger partial charge in [0.2, 0.25) is 0 Å². The van der Waals surface area contributed by atoms with Crippen molar-refractivity contribution in [2.24, 2.45) is 0 Å². The molecule has 6 rings (SSSR count). The number of rotatable bonds is 0. The van der Waals surface area contributed by atoms with Crippen molar-refractivity contribution in [2.75, 3.05) is 0 Å². The third-order valence-electron chi connectivity index (χ3n) is 6.17. The van der Waals surface area contributed by atoms with E-state index >= 15 is 0 Å². The molecule has 0 heteroatoms. The molecule has 0 saturated carbocycles. The first-order chi connectivity index (χ1) is 12.7. The maximum atomic E-state index is 2.43. The lowest BCUT2D eigenvalue weighted by Crippen LogP contribution is -2.05. The summed E-state index contributed by atoms with van der Waals surface area (Å²) in [7, 11) is 0.